The molecule has 1 aromatic rings. The zero-order chi connectivity index (χ0) is 36.1. The van der Waals surface area contributed by atoms with Gasteiger partial charge in [-0.05, 0) is 109 Å². The molecule has 5 aliphatic carbocycles. The lowest BCUT2D eigenvalue weighted by Gasteiger charge is -2.70. The van der Waals surface area contributed by atoms with Crippen LogP contribution in [0.1, 0.15) is 110 Å². The van der Waals surface area contributed by atoms with Crippen molar-refractivity contribution >= 4 is 35.0 Å². The van der Waals surface area contributed by atoms with E-state index in [1.54, 1.807) is 0 Å². The van der Waals surface area contributed by atoms with Crippen LogP contribution in [0.25, 0.3) is 0 Å². The molecule has 6 nitrogen and oxygen atoms in total. The van der Waals surface area contributed by atoms with E-state index < -0.39 is 39.0 Å². The summed E-state index contributed by atoms with van der Waals surface area (Å²) in [5.74, 6) is -2.49. The van der Waals surface area contributed by atoms with Gasteiger partial charge in [0.25, 0.3) is 5.91 Å². The van der Waals surface area contributed by atoms with Gasteiger partial charge in [0, 0.05) is 29.8 Å². The minimum Gasteiger partial charge on any atom is -0.354 e. The topological polar surface area (TPSA) is 92.3 Å². The number of halogens is 3. The number of Topliss-reactive ketones (excluding diaryl/α,β-unsaturated/α-hetero) is 1. The Morgan fingerprint density at radius 1 is 0.918 bits per heavy atom. The van der Waals surface area contributed by atoms with Crippen molar-refractivity contribution < 1.29 is 28.0 Å². The van der Waals surface area contributed by atoms with Crippen molar-refractivity contribution in [1.29, 1.82) is 0 Å². The molecule has 6 rings (SSSR count). The maximum absolute atomic E-state index is 14.6. The van der Waals surface area contributed by atoms with Gasteiger partial charge in [-0.2, -0.15) is 0 Å². The molecule has 0 saturated heterocycles. The fourth-order valence-corrected chi connectivity index (χ4v) is 11.9. The number of carbonyl (C=O) groups is 4. The van der Waals surface area contributed by atoms with Crippen LogP contribution in [0, 0.1) is 61.9 Å². The highest BCUT2D eigenvalue weighted by Gasteiger charge is 2.70. The highest BCUT2D eigenvalue weighted by Crippen LogP contribution is 2.75. The summed E-state index contributed by atoms with van der Waals surface area (Å²) in [5, 5.41) is 5.11. The van der Waals surface area contributed by atoms with E-state index in [0.717, 1.165) is 44.2 Å². The van der Waals surface area contributed by atoms with Crippen LogP contribution in [-0.4, -0.2) is 36.5 Å². The Labute approximate surface area is 294 Å². The van der Waals surface area contributed by atoms with Gasteiger partial charge in [-0.25, -0.2) is 8.78 Å². The van der Waals surface area contributed by atoms with Crippen molar-refractivity contribution in [3.63, 3.8) is 0 Å². The summed E-state index contributed by atoms with van der Waals surface area (Å²) in [5.41, 5.74) is -0.793. The SMILES string of the molecule is C=C1C[C@]2(C)[C@H]3C(=O)C=C4[C@@H]5C[C@@](C)(C(=O)NCCNC(=O)c6cc(F)c(Cl)cc6F)CC[C@]5(C)CC[C@@]4(C)[C@]3(C)CC[C@H]2C(C)(C)C1=O. The molecule has 8 atom stereocenters. The monoisotopic (exact) mass is 696 g/mol. The Morgan fingerprint density at radius 2 is 1.57 bits per heavy atom. The number of fused-ring (bicyclic) bond motifs is 7. The molecule has 0 aromatic heterocycles. The number of nitrogens with one attached hydrogen (secondary N) is 2. The first-order valence-corrected chi connectivity index (χ1v) is 18.2. The predicted octanol–water partition coefficient (Wildman–Crippen LogP) is 8.18. The van der Waals surface area contributed by atoms with E-state index in [2.05, 4.69) is 44.9 Å². The van der Waals surface area contributed by atoms with Gasteiger partial charge >= 0.3 is 0 Å². The molecule has 0 spiro atoms. The third kappa shape index (κ3) is 5.19. The third-order valence-corrected chi connectivity index (χ3v) is 15.0. The van der Waals surface area contributed by atoms with Crippen LogP contribution in [0.4, 0.5) is 8.78 Å². The number of allylic oxidation sites excluding steroid dienone is 3. The van der Waals surface area contributed by atoms with Gasteiger partial charge in [0.2, 0.25) is 5.91 Å². The van der Waals surface area contributed by atoms with Crippen molar-refractivity contribution in [3.05, 3.63) is 58.2 Å². The molecule has 1 aromatic carbocycles. The van der Waals surface area contributed by atoms with E-state index in [9.17, 15) is 28.0 Å². The molecule has 49 heavy (non-hydrogen) atoms. The zero-order valence-corrected chi connectivity index (χ0v) is 30.8. The minimum atomic E-state index is -0.925. The standard InChI is InChI=1S/C40H51ClF2N2O4/c1-22-20-38(6)30(35(2,3)32(22)47)9-10-40(8)31(38)29(46)18-24-25-21-37(5,12-11-36(25,4)13-14-39(24,40)7)34(49)45-16-15-44-33(48)23-17-28(43)26(41)19-27(23)42/h17-19,25,30-31H,1,9-16,20-21H2,2-8H3,(H,44,48)(H,45,49)/t25-,30-,31+,36+,37-,38-,39+,40+/m0/s1. The van der Waals surface area contributed by atoms with Crippen molar-refractivity contribution in [3.8, 4) is 0 Å². The van der Waals surface area contributed by atoms with E-state index in [4.69, 9.17) is 11.6 Å². The molecule has 2 amide bonds. The Morgan fingerprint density at radius 3 is 2.27 bits per heavy atom. The lowest BCUT2D eigenvalue weighted by molar-refractivity contribution is -0.182. The second kappa shape index (κ2) is 11.6. The van der Waals surface area contributed by atoms with E-state index >= 15 is 0 Å². The summed E-state index contributed by atoms with van der Waals surface area (Å²) < 4.78 is 28.0. The van der Waals surface area contributed by atoms with Gasteiger partial charge in [0.05, 0.1) is 10.6 Å². The smallest absolute Gasteiger partial charge is 0.254 e. The first-order chi connectivity index (χ1) is 22.6. The molecular weight excluding hydrogens is 646 g/mol. The molecule has 0 aliphatic heterocycles. The lowest BCUT2D eigenvalue weighted by atomic mass is 9.33. The van der Waals surface area contributed by atoms with Gasteiger partial charge in [0.1, 0.15) is 11.6 Å². The molecule has 4 saturated carbocycles. The minimum absolute atomic E-state index is 0.0326. The second-order valence-corrected chi connectivity index (χ2v) is 18.2. The van der Waals surface area contributed by atoms with Crippen LogP contribution < -0.4 is 10.6 Å². The molecule has 266 valence electrons. The summed E-state index contributed by atoms with van der Waals surface area (Å²) >= 11 is 5.60. The maximum atomic E-state index is 14.6. The van der Waals surface area contributed by atoms with Gasteiger partial charge in [-0.15, -0.1) is 0 Å². The van der Waals surface area contributed by atoms with Crippen molar-refractivity contribution in [2.75, 3.05) is 13.1 Å². The first kappa shape index (κ1) is 35.9. The first-order valence-electron chi connectivity index (χ1n) is 17.8. The van der Waals surface area contributed by atoms with Gasteiger partial charge in [-0.3, -0.25) is 19.2 Å². The van der Waals surface area contributed by atoms with E-state index in [0.29, 0.717) is 24.8 Å². The zero-order valence-electron chi connectivity index (χ0n) is 30.0. The number of carbonyl (C=O) groups excluding carboxylic acids is 4. The molecular formula is C40H51ClF2N2O4. The molecule has 4 fully saturated rings. The molecule has 0 radical (unpaired) electrons. The number of rotatable bonds is 5. The number of amides is 2. The molecule has 5 aliphatic rings. The molecule has 9 heteroatoms. The Kier molecular flexibility index (Phi) is 8.49. The van der Waals surface area contributed by atoms with Crippen molar-refractivity contribution in [2.45, 2.75) is 99.8 Å². The van der Waals surface area contributed by atoms with E-state index in [1.807, 2.05) is 26.8 Å². The van der Waals surface area contributed by atoms with Crippen LogP contribution >= 0.6 is 11.6 Å². The molecule has 0 unspecified atom stereocenters. The molecule has 0 bridgehead atoms. The summed E-state index contributed by atoms with van der Waals surface area (Å²) in [6.45, 7) is 19.7. The quantitative estimate of drug-likeness (QED) is 0.185. The highest BCUT2D eigenvalue weighted by atomic mass is 35.5. The Balaban J connectivity index is 1.21. The average molecular weight is 697 g/mol. The van der Waals surface area contributed by atoms with Gasteiger partial charge in [-0.1, -0.05) is 72.2 Å². The fourth-order valence-electron chi connectivity index (χ4n) is 11.7. The van der Waals surface area contributed by atoms with Crippen LogP contribution in [0.5, 0.6) is 0 Å². The van der Waals surface area contributed by atoms with Crippen molar-refractivity contribution in [2.24, 2.45) is 50.2 Å². The second-order valence-electron chi connectivity index (χ2n) is 17.8. The predicted molar refractivity (Wildman–Crippen MR) is 186 cm³/mol. The number of benzene rings is 1. The third-order valence-electron chi connectivity index (χ3n) is 14.7. The summed E-state index contributed by atoms with van der Waals surface area (Å²) in [6, 6.07) is 1.52. The normalized spacial score (nSPS) is 39.5. The maximum Gasteiger partial charge on any atom is 0.254 e. The molecule has 0 heterocycles. The van der Waals surface area contributed by atoms with Crippen molar-refractivity contribution in [1.82, 2.24) is 10.6 Å². The van der Waals surface area contributed by atoms with Crippen LogP contribution in [0.15, 0.2) is 35.9 Å². The fraction of sp³-hybridized carbons (Fsp3) is 0.650. The number of hydrogen-bond acceptors (Lipinski definition) is 4. The number of hydrogen-bond donors (Lipinski definition) is 2. The van der Waals surface area contributed by atoms with E-state index in [1.165, 1.54) is 5.57 Å². The van der Waals surface area contributed by atoms with Crippen LogP contribution in [-0.2, 0) is 14.4 Å². The number of ketones is 2. The highest BCUT2D eigenvalue weighted by molar-refractivity contribution is 6.30. The van der Waals surface area contributed by atoms with Crippen LogP contribution in [0.2, 0.25) is 5.02 Å². The lowest BCUT2D eigenvalue weighted by Crippen LogP contribution is -2.66. The summed E-state index contributed by atoms with van der Waals surface area (Å²) in [4.78, 5) is 54.2. The van der Waals surface area contributed by atoms with E-state index in [-0.39, 0.29) is 70.0 Å². The average Bonchev–Trinajstić information content (AvgIpc) is 3.01. The summed E-state index contributed by atoms with van der Waals surface area (Å²) in [7, 11) is 0. The van der Waals surface area contributed by atoms with Gasteiger partial charge < -0.3 is 10.6 Å². The summed E-state index contributed by atoms with van der Waals surface area (Å²) in [6.07, 6.45) is 8.46. The van der Waals surface area contributed by atoms with Crippen LogP contribution in [0.3, 0.4) is 0 Å². The Bertz CT molecular complexity index is 1700. The molecule has 2 N–H and O–H groups in total. The Hall–Kier alpha value is -2.87. The van der Waals surface area contributed by atoms with Gasteiger partial charge in [0.15, 0.2) is 11.6 Å². The largest absolute Gasteiger partial charge is 0.354 e.